The van der Waals surface area contributed by atoms with Gasteiger partial charge in [-0.05, 0) is 23.8 Å². The number of alkyl halides is 3. The summed E-state index contributed by atoms with van der Waals surface area (Å²) in [7, 11) is 0. The fraction of sp³-hybridized carbons (Fsp3) is 0.0714. The third-order valence-electron chi connectivity index (χ3n) is 2.51. The zero-order valence-corrected chi connectivity index (χ0v) is 9.91. The van der Waals surface area contributed by atoms with Gasteiger partial charge in [-0.15, -0.1) is 13.2 Å². The lowest BCUT2D eigenvalue weighted by Gasteiger charge is -2.13. The first-order valence-corrected chi connectivity index (χ1v) is 5.45. The molecule has 0 heterocycles. The minimum absolute atomic E-state index is 0.126. The summed E-state index contributed by atoms with van der Waals surface area (Å²) in [4.78, 5) is 0. The van der Waals surface area contributed by atoms with E-state index in [-0.39, 0.29) is 16.7 Å². The van der Waals surface area contributed by atoms with Crippen molar-refractivity contribution in [3.63, 3.8) is 0 Å². The Labute approximate surface area is 111 Å². The summed E-state index contributed by atoms with van der Waals surface area (Å²) in [6.45, 7) is 0. The van der Waals surface area contributed by atoms with Crippen molar-refractivity contribution in [1.82, 2.24) is 0 Å². The quantitative estimate of drug-likeness (QED) is 0.770. The van der Waals surface area contributed by atoms with Crippen LogP contribution in [0.25, 0.3) is 11.1 Å². The van der Waals surface area contributed by atoms with E-state index in [2.05, 4.69) is 4.74 Å². The van der Waals surface area contributed by atoms with Crippen LogP contribution in [0.2, 0.25) is 0 Å². The topological polar surface area (TPSA) is 33.0 Å². The Hall–Kier alpha value is -2.55. The predicted octanol–water partition coefficient (Wildman–Crippen LogP) is 4.26. The van der Waals surface area contributed by atoms with Crippen LogP contribution in [0.5, 0.6) is 5.75 Å². The lowest BCUT2D eigenvalue weighted by molar-refractivity contribution is -0.274. The highest BCUT2D eigenvalue weighted by Crippen LogP contribution is 2.34. The first kappa shape index (κ1) is 13.9. The smallest absolute Gasteiger partial charge is 0.405 e. The monoisotopic (exact) mass is 281 g/mol. The Kier molecular flexibility index (Phi) is 3.61. The van der Waals surface area contributed by atoms with Crippen LogP contribution >= 0.6 is 0 Å². The van der Waals surface area contributed by atoms with Crippen LogP contribution in [0, 0.1) is 17.1 Å². The summed E-state index contributed by atoms with van der Waals surface area (Å²) in [6, 6.07) is 10.6. The van der Waals surface area contributed by atoms with Crippen molar-refractivity contribution in [3.8, 4) is 22.9 Å². The molecular weight excluding hydrogens is 274 g/mol. The highest BCUT2D eigenvalue weighted by Gasteiger charge is 2.32. The predicted molar refractivity (Wildman–Crippen MR) is 63.2 cm³/mol. The van der Waals surface area contributed by atoms with E-state index in [1.54, 1.807) is 6.07 Å². The number of benzene rings is 2. The molecule has 0 bridgehead atoms. The maximum Gasteiger partial charge on any atom is 0.573 e. The summed E-state index contributed by atoms with van der Waals surface area (Å²) in [5, 5.41) is 8.74. The first-order chi connectivity index (χ1) is 9.40. The number of rotatable bonds is 2. The molecule has 0 atom stereocenters. The molecule has 102 valence electrons. The van der Waals surface area contributed by atoms with Crippen LogP contribution in [-0.2, 0) is 0 Å². The van der Waals surface area contributed by atoms with Gasteiger partial charge in [0.2, 0.25) is 0 Å². The van der Waals surface area contributed by atoms with Crippen LogP contribution in [0.4, 0.5) is 17.6 Å². The summed E-state index contributed by atoms with van der Waals surface area (Å²) in [5.74, 6) is -1.14. The van der Waals surface area contributed by atoms with E-state index in [1.165, 1.54) is 30.3 Å². The first-order valence-electron chi connectivity index (χ1n) is 5.45. The van der Waals surface area contributed by atoms with E-state index < -0.39 is 17.9 Å². The molecule has 0 aliphatic heterocycles. The molecule has 0 spiro atoms. The van der Waals surface area contributed by atoms with Crippen LogP contribution in [0.1, 0.15) is 5.56 Å². The van der Waals surface area contributed by atoms with Gasteiger partial charge in [-0.2, -0.15) is 5.26 Å². The van der Waals surface area contributed by atoms with Gasteiger partial charge in [0.15, 0.2) is 0 Å². The van der Waals surface area contributed by atoms with Crippen molar-refractivity contribution in [2.75, 3.05) is 0 Å². The molecule has 0 saturated heterocycles. The molecular formula is C14H7F4NO. The average molecular weight is 281 g/mol. The lowest BCUT2D eigenvalue weighted by Crippen LogP contribution is -2.17. The largest absolute Gasteiger partial charge is 0.573 e. The zero-order valence-electron chi connectivity index (χ0n) is 9.91. The van der Waals surface area contributed by atoms with Crippen molar-refractivity contribution in [2.45, 2.75) is 6.36 Å². The maximum absolute atomic E-state index is 13.2. The van der Waals surface area contributed by atoms with E-state index >= 15 is 0 Å². The summed E-state index contributed by atoms with van der Waals surface area (Å²) in [5.41, 5.74) is 0.147. The van der Waals surface area contributed by atoms with Crippen LogP contribution in [0.15, 0.2) is 42.5 Å². The zero-order chi connectivity index (χ0) is 14.8. The number of hydrogen-bond donors (Lipinski definition) is 0. The van der Waals surface area contributed by atoms with Crippen molar-refractivity contribution in [3.05, 3.63) is 53.8 Å². The Morgan fingerprint density at radius 2 is 1.75 bits per heavy atom. The van der Waals surface area contributed by atoms with Crippen molar-refractivity contribution in [2.24, 2.45) is 0 Å². The van der Waals surface area contributed by atoms with Gasteiger partial charge in [-0.3, -0.25) is 0 Å². The van der Waals surface area contributed by atoms with Gasteiger partial charge in [0.05, 0.1) is 5.56 Å². The second kappa shape index (κ2) is 5.21. The molecule has 0 unspecified atom stereocenters. The molecule has 0 aliphatic carbocycles. The minimum Gasteiger partial charge on any atom is -0.405 e. The number of halogens is 4. The van der Waals surface area contributed by atoms with E-state index in [0.29, 0.717) is 0 Å². The Morgan fingerprint density at radius 3 is 2.40 bits per heavy atom. The number of ether oxygens (including phenoxy) is 1. The molecule has 0 aliphatic rings. The lowest BCUT2D eigenvalue weighted by atomic mass is 10.0. The van der Waals surface area contributed by atoms with Crippen LogP contribution < -0.4 is 4.74 Å². The molecule has 0 radical (unpaired) electrons. The molecule has 0 aromatic heterocycles. The highest BCUT2D eigenvalue weighted by molar-refractivity contribution is 5.71. The van der Waals surface area contributed by atoms with E-state index in [4.69, 9.17) is 5.26 Å². The Morgan fingerprint density at radius 1 is 1.05 bits per heavy atom. The third-order valence-corrected chi connectivity index (χ3v) is 2.51. The van der Waals surface area contributed by atoms with Gasteiger partial charge < -0.3 is 4.74 Å². The highest BCUT2D eigenvalue weighted by atomic mass is 19.4. The Balaban J connectivity index is 2.51. The standard InChI is InChI=1S/C14H7F4NO/c15-12-6-5-9(7-10(12)8-19)11-3-1-2-4-13(11)20-14(16,17)18/h1-7H. The second-order valence-electron chi connectivity index (χ2n) is 3.85. The molecule has 0 saturated carbocycles. The number of nitrogens with zero attached hydrogens (tertiary/aromatic N) is 1. The minimum atomic E-state index is -4.83. The van der Waals surface area contributed by atoms with Gasteiger partial charge in [0.1, 0.15) is 17.6 Å². The summed E-state index contributed by atoms with van der Waals surface area (Å²) in [6.07, 6.45) is -4.83. The third kappa shape index (κ3) is 3.06. The molecule has 0 amide bonds. The molecule has 2 aromatic carbocycles. The molecule has 0 fully saturated rings. The van der Waals surface area contributed by atoms with Gasteiger partial charge in [-0.1, -0.05) is 24.3 Å². The number of hydrogen-bond acceptors (Lipinski definition) is 2. The van der Waals surface area contributed by atoms with Crippen LogP contribution in [-0.4, -0.2) is 6.36 Å². The molecule has 0 N–H and O–H groups in total. The molecule has 2 aromatic rings. The molecule has 6 heteroatoms. The van der Waals surface area contributed by atoms with Crippen molar-refractivity contribution < 1.29 is 22.3 Å². The summed E-state index contributed by atoms with van der Waals surface area (Å²) >= 11 is 0. The SMILES string of the molecule is N#Cc1cc(-c2ccccc2OC(F)(F)F)ccc1F. The molecule has 20 heavy (non-hydrogen) atoms. The molecule has 2 rings (SSSR count). The van der Waals surface area contributed by atoms with E-state index in [1.807, 2.05) is 0 Å². The van der Waals surface area contributed by atoms with Gasteiger partial charge in [-0.25, -0.2) is 4.39 Å². The maximum atomic E-state index is 13.2. The van der Waals surface area contributed by atoms with Gasteiger partial charge >= 0.3 is 6.36 Å². The number of nitriles is 1. The van der Waals surface area contributed by atoms with Gasteiger partial charge in [0.25, 0.3) is 0 Å². The Bertz CT molecular complexity index is 674. The second-order valence-corrected chi connectivity index (χ2v) is 3.85. The average Bonchev–Trinajstić information content (AvgIpc) is 2.38. The van der Waals surface area contributed by atoms with Crippen LogP contribution in [0.3, 0.4) is 0 Å². The van der Waals surface area contributed by atoms with Crippen molar-refractivity contribution in [1.29, 1.82) is 5.26 Å². The fourth-order valence-corrected chi connectivity index (χ4v) is 1.70. The fourth-order valence-electron chi connectivity index (χ4n) is 1.70. The normalized spacial score (nSPS) is 10.9. The van der Waals surface area contributed by atoms with E-state index in [9.17, 15) is 17.6 Å². The van der Waals surface area contributed by atoms with Crippen molar-refractivity contribution >= 4 is 0 Å². The number of para-hydroxylation sites is 1. The molecule has 2 nitrogen and oxygen atoms in total. The van der Waals surface area contributed by atoms with Gasteiger partial charge in [0, 0.05) is 5.56 Å². The van der Waals surface area contributed by atoms with E-state index in [0.717, 1.165) is 12.1 Å². The summed E-state index contributed by atoms with van der Waals surface area (Å²) < 4.78 is 54.1.